The maximum Gasteiger partial charge on any atom is 0.270 e. The fourth-order valence-electron chi connectivity index (χ4n) is 5.68. The summed E-state index contributed by atoms with van der Waals surface area (Å²) >= 11 is 0. The molecule has 8 heteroatoms. The van der Waals surface area contributed by atoms with Gasteiger partial charge in [-0.2, -0.15) is 0 Å². The SMILES string of the molecule is CCC(C)N1C(=O)C2C(C1=O)C(C(=O)c1cccc([N+](=O)[O-])c1)N1c3ccccc3C(C)=CC21. The molecule has 2 aromatic rings. The highest BCUT2D eigenvalue weighted by molar-refractivity contribution is 6.14. The summed E-state index contributed by atoms with van der Waals surface area (Å²) in [6, 6.07) is 11.5. The van der Waals surface area contributed by atoms with Crippen LogP contribution in [-0.2, 0) is 9.59 Å². The molecule has 2 amide bonds. The van der Waals surface area contributed by atoms with Crippen LogP contribution in [0.3, 0.4) is 0 Å². The molecule has 2 saturated heterocycles. The van der Waals surface area contributed by atoms with Crippen molar-refractivity contribution in [3.05, 3.63) is 75.8 Å². The van der Waals surface area contributed by atoms with Crippen LogP contribution in [0, 0.1) is 22.0 Å². The van der Waals surface area contributed by atoms with Gasteiger partial charge >= 0.3 is 0 Å². The van der Waals surface area contributed by atoms with E-state index >= 15 is 0 Å². The van der Waals surface area contributed by atoms with Gasteiger partial charge in [-0.05, 0) is 31.9 Å². The number of Topliss-reactive ketones (excluding diaryl/α,β-unsaturated/α-hetero) is 1. The predicted molar refractivity (Wildman–Crippen MR) is 126 cm³/mol. The Morgan fingerprint density at radius 2 is 1.79 bits per heavy atom. The first-order valence-electron chi connectivity index (χ1n) is 11.5. The quantitative estimate of drug-likeness (QED) is 0.291. The van der Waals surface area contributed by atoms with Gasteiger partial charge < -0.3 is 4.90 Å². The minimum absolute atomic E-state index is 0.157. The van der Waals surface area contributed by atoms with E-state index in [-0.39, 0.29) is 29.1 Å². The van der Waals surface area contributed by atoms with Crippen LogP contribution in [-0.4, -0.2) is 45.5 Å². The van der Waals surface area contributed by atoms with Crippen LogP contribution in [0.4, 0.5) is 11.4 Å². The van der Waals surface area contributed by atoms with Crippen LogP contribution in [0.25, 0.3) is 5.57 Å². The Balaban J connectivity index is 1.68. The molecule has 0 aromatic heterocycles. The fraction of sp³-hybridized carbons (Fsp3) is 0.346. The number of fused-ring (bicyclic) bond motifs is 5. The number of hydrogen-bond donors (Lipinski definition) is 0. The molecule has 0 spiro atoms. The van der Waals surface area contributed by atoms with Gasteiger partial charge in [-0.25, -0.2) is 0 Å². The summed E-state index contributed by atoms with van der Waals surface area (Å²) in [6.07, 6.45) is 2.60. The number of imide groups is 1. The van der Waals surface area contributed by atoms with Crippen molar-refractivity contribution in [2.75, 3.05) is 4.90 Å². The van der Waals surface area contributed by atoms with Crippen molar-refractivity contribution < 1.29 is 19.3 Å². The van der Waals surface area contributed by atoms with E-state index in [9.17, 15) is 24.5 Å². The number of ketones is 1. The number of benzene rings is 2. The van der Waals surface area contributed by atoms with Crippen LogP contribution in [0.1, 0.15) is 43.1 Å². The van der Waals surface area contributed by atoms with Crippen molar-refractivity contribution in [1.82, 2.24) is 4.90 Å². The molecule has 5 rings (SSSR count). The number of amides is 2. The van der Waals surface area contributed by atoms with Crippen molar-refractivity contribution in [3.63, 3.8) is 0 Å². The maximum absolute atomic E-state index is 13.9. The molecule has 0 radical (unpaired) electrons. The number of likely N-dealkylation sites (tertiary alicyclic amines) is 1. The summed E-state index contributed by atoms with van der Waals surface area (Å²) < 4.78 is 0. The highest BCUT2D eigenvalue weighted by atomic mass is 16.6. The first-order valence-corrected chi connectivity index (χ1v) is 11.5. The number of rotatable bonds is 5. The highest BCUT2D eigenvalue weighted by Gasteiger charge is 2.64. The van der Waals surface area contributed by atoms with E-state index in [2.05, 4.69) is 0 Å². The van der Waals surface area contributed by atoms with Gasteiger partial charge in [-0.15, -0.1) is 0 Å². The molecular formula is C26H25N3O5. The number of nitrogens with zero attached hydrogens (tertiary/aromatic N) is 3. The van der Waals surface area contributed by atoms with Gasteiger partial charge in [0.05, 0.1) is 22.8 Å². The van der Waals surface area contributed by atoms with E-state index in [1.807, 2.05) is 56.0 Å². The molecule has 0 N–H and O–H groups in total. The maximum atomic E-state index is 13.9. The molecule has 34 heavy (non-hydrogen) atoms. The number of nitro benzene ring substituents is 1. The molecule has 0 bridgehead atoms. The van der Waals surface area contributed by atoms with E-state index in [4.69, 9.17) is 0 Å². The first-order chi connectivity index (χ1) is 16.3. The van der Waals surface area contributed by atoms with E-state index in [0.29, 0.717) is 6.42 Å². The number of non-ortho nitro benzene ring substituents is 1. The number of hydrogen-bond acceptors (Lipinski definition) is 6. The number of anilines is 1. The zero-order valence-electron chi connectivity index (χ0n) is 19.2. The first kappa shape index (κ1) is 22.0. The monoisotopic (exact) mass is 459 g/mol. The lowest BCUT2D eigenvalue weighted by Gasteiger charge is -2.38. The molecule has 0 saturated carbocycles. The zero-order valence-corrected chi connectivity index (χ0v) is 19.2. The summed E-state index contributed by atoms with van der Waals surface area (Å²) in [5.74, 6) is -2.52. The fourth-order valence-corrected chi connectivity index (χ4v) is 5.68. The normalized spacial score (nSPS) is 26.0. The third kappa shape index (κ3) is 3.01. The molecular weight excluding hydrogens is 434 g/mol. The van der Waals surface area contributed by atoms with E-state index in [1.54, 1.807) is 0 Å². The topological polar surface area (TPSA) is 101 Å². The highest BCUT2D eigenvalue weighted by Crippen LogP contribution is 2.50. The Hall–Kier alpha value is -3.81. The van der Waals surface area contributed by atoms with Gasteiger partial charge in [-0.1, -0.05) is 43.3 Å². The minimum Gasteiger partial charge on any atom is -0.352 e. The Labute approximate surface area is 197 Å². The molecule has 2 aromatic carbocycles. The summed E-state index contributed by atoms with van der Waals surface area (Å²) in [4.78, 5) is 55.2. The average molecular weight is 460 g/mol. The van der Waals surface area contributed by atoms with Crippen LogP contribution >= 0.6 is 0 Å². The van der Waals surface area contributed by atoms with E-state index < -0.39 is 34.6 Å². The molecule has 8 nitrogen and oxygen atoms in total. The van der Waals surface area contributed by atoms with Crippen molar-refractivity contribution >= 4 is 34.5 Å². The van der Waals surface area contributed by atoms with Gasteiger partial charge in [0.2, 0.25) is 11.8 Å². The molecule has 2 fully saturated rings. The molecule has 5 atom stereocenters. The van der Waals surface area contributed by atoms with Crippen molar-refractivity contribution in [1.29, 1.82) is 0 Å². The van der Waals surface area contributed by atoms with Gasteiger partial charge in [0.25, 0.3) is 5.69 Å². The Morgan fingerprint density at radius 1 is 1.09 bits per heavy atom. The van der Waals surface area contributed by atoms with Gasteiger partial charge in [0.1, 0.15) is 6.04 Å². The molecule has 3 heterocycles. The Kier molecular flexibility index (Phi) is 5.11. The summed E-state index contributed by atoms with van der Waals surface area (Å²) in [7, 11) is 0. The average Bonchev–Trinajstić information content (AvgIpc) is 3.31. The lowest BCUT2D eigenvalue weighted by molar-refractivity contribution is -0.384. The summed E-state index contributed by atoms with van der Waals surface area (Å²) in [5.41, 5.74) is 2.68. The van der Waals surface area contributed by atoms with Gasteiger partial charge in [0.15, 0.2) is 5.78 Å². The smallest absolute Gasteiger partial charge is 0.270 e. The Bertz CT molecular complexity index is 1270. The lowest BCUT2D eigenvalue weighted by Crippen LogP contribution is -2.50. The second-order valence-electron chi connectivity index (χ2n) is 9.24. The van der Waals surface area contributed by atoms with E-state index in [0.717, 1.165) is 16.8 Å². The third-order valence-electron chi connectivity index (χ3n) is 7.43. The largest absolute Gasteiger partial charge is 0.352 e. The van der Waals surface area contributed by atoms with Crippen LogP contribution in [0.5, 0.6) is 0 Å². The van der Waals surface area contributed by atoms with Crippen molar-refractivity contribution in [2.24, 2.45) is 11.8 Å². The van der Waals surface area contributed by atoms with Gasteiger partial charge in [0, 0.05) is 35.0 Å². The number of allylic oxidation sites excluding steroid dienone is 1. The van der Waals surface area contributed by atoms with Crippen LogP contribution < -0.4 is 4.90 Å². The summed E-state index contributed by atoms with van der Waals surface area (Å²) in [6.45, 7) is 5.72. The number of para-hydroxylation sites is 1. The van der Waals surface area contributed by atoms with Gasteiger partial charge in [-0.3, -0.25) is 29.4 Å². The molecule has 174 valence electrons. The standard InChI is InChI=1S/C26H25N3O5/c1-4-15(3)27-25(31)21-20-12-14(2)18-10-5-6-11-19(18)28(20)23(22(21)26(27)32)24(30)16-8-7-9-17(13-16)29(33)34/h5-13,15,20-23H,4H2,1-3H3. The zero-order chi connectivity index (χ0) is 24.3. The van der Waals surface area contributed by atoms with Crippen LogP contribution in [0.2, 0.25) is 0 Å². The molecule has 0 aliphatic carbocycles. The van der Waals surface area contributed by atoms with Crippen LogP contribution in [0.15, 0.2) is 54.6 Å². The molecule has 3 aliphatic rings. The second-order valence-corrected chi connectivity index (χ2v) is 9.24. The van der Waals surface area contributed by atoms with Crippen molar-refractivity contribution in [2.45, 2.75) is 45.3 Å². The number of nitro groups is 1. The number of carbonyl (C=O) groups excluding carboxylic acids is 3. The predicted octanol–water partition coefficient (Wildman–Crippen LogP) is 3.85. The third-order valence-corrected chi connectivity index (χ3v) is 7.43. The number of carbonyl (C=O) groups is 3. The van der Waals surface area contributed by atoms with E-state index in [1.165, 1.54) is 29.2 Å². The minimum atomic E-state index is -0.937. The molecule has 3 aliphatic heterocycles. The Morgan fingerprint density at radius 3 is 2.50 bits per heavy atom. The molecule has 5 unspecified atom stereocenters. The second kappa shape index (κ2) is 7.90. The van der Waals surface area contributed by atoms with Crippen molar-refractivity contribution in [3.8, 4) is 0 Å². The lowest BCUT2D eigenvalue weighted by atomic mass is 9.85. The summed E-state index contributed by atoms with van der Waals surface area (Å²) in [5, 5.41) is 11.3.